The lowest BCUT2D eigenvalue weighted by Gasteiger charge is -2.04. The normalized spacial score (nSPS) is 10.1. The van der Waals surface area contributed by atoms with Crippen LogP contribution in [0.25, 0.3) is 0 Å². The van der Waals surface area contributed by atoms with Gasteiger partial charge in [-0.2, -0.15) is 0 Å². The Balaban J connectivity index is 2.15. The summed E-state index contributed by atoms with van der Waals surface area (Å²) in [6, 6.07) is 10.9. The Morgan fingerprint density at radius 3 is 2.72 bits per heavy atom. The second-order valence-electron chi connectivity index (χ2n) is 3.47. The fourth-order valence-electron chi connectivity index (χ4n) is 1.37. The first-order valence-corrected chi connectivity index (χ1v) is 6.02. The van der Waals surface area contributed by atoms with Crippen LogP contribution in [-0.2, 0) is 0 Å². The van der Waals surface area contributed by atoms with Gasteiger partial charge in [0.05, 0.1) is 7.11 Å². The van der Waals surface area contributed by atoms with Crippen LogP contribution in [-0.4, -0.2) is 23.2 Å². The molecule has 1 aromatic carbocycles. The van der Waals surface area contributed by atoms with Gasteiger partial charge in [-0.1, -0.05) is 17.8 Å². The first-order valence-electron chi connectivity index (χ1n) is 5.20. The van der Waals surface area contributed by atoms with E-state index in [2.05, 4.69) is 4.98 Å². The predicted octanol–water partition coefficient (Wildman–Crippen LogP) is 2.94. The fraction of sp³-hybridized carbons (Fsp3) is 0.0769. The lowest BCUT2D eigenvalue weighted by molar-refractivity contribution is 0.0690. The summed E-state index contributed by atoms with van der Waals surface area (Å²) >= 11 is 1.50. The van der Waals surface area contributed by atoms with Gasteiger partial charge in [-0.3, -0.25) is 0 Å². The molecular weight excluding hydrogens is 250 g/mol. The van der Waals surface area contributed by atoms with E-state index in [0.29, 0.717) is 0 Å². The Bertz CT molecular complexity index is 554. The van der Waals surface area contributed by atoms with Gasteiger partial charge < -0.3 is 9.84 Å². The van der Waals surface area contributed by atoms with Crippen LogP contribution >= 0.6 is 11.8 Å². The van der Waals surface area contributed by atoms with E-state index >= 15 is 0 Å². The lowest BCUT2D eigenvalue weighted by atomic mass is 10.3. The maximum atomic E-state index is 10.7. The van der Waals surface area contributed by atoms with E-state index < -0.39 is 5.97 Å². The van der Waals surface area contributed by atoms with E-state index in [4.69, 9.17) is 9.84 Å². The molecule has 92 valence electrons. The number of aromatic carboxylic acids is 1. The Hall–Kier alpha value is -2.01. The van der Waals surface area contributed by atoms with E-state index in [1.54, 1.807) is 19.4 Å². The van der Waals surface area contributed by atoms with Crippen LogP contribution in [0, 0.1) is 0 Å². The average molecular weight is 261 g/mol. The lowest BCUT2D eigenvalue weighted by Crippen LogP contribution is -1.98. The zero-order valence-electron chi connectivity index (χ0n) is 9.66. The van der Waals surface area contributed by atoms with Crippen molar-refractivity contribution in [2.24, 2.45) is 0 Å². The largest absolute Gasteiger partial charge is 0.497 e. The summed E-state index contributed by atoms with van der Waals surface area (Å²) in [7, 11) is 1.62. The molecular formula is C13H11NO3S. The van der Waals surface area contributed by atoms with Crippen molar-refractivity contribution in [3.05, 3.63) is 48.3 Å². The molecule has 18 heavy (non-hydrogen) atoms. The number of ether oxygens (including phenoxy) is 1. The minimum Gasteiger partial charge on any atom is -0.497 e. The maximum Gasteiger partial charge on any atom is 0.354 e. The minimum absolute atomic E-state index is 0.0463. The van der Waals surface area contributed by atoms with Crippen LogP contribution in [0.5, 0.6) is 5.75 Å². The van der Waals surface area contributed by atoms with Crippen LogP contribution in [0.4, 0.5) is 0 Å². The summed E-state index contributed by atoms with van der Waals surface area (Å²) in [6.45, 7) is 0. The van der Waals surface area contributed by atoms with Gasteiger partial charge in [0, 0.05) is 16.0 Å². The van der Waals surface area contributed by atoms with Crippen LogP contribution in [0.15, 0.2) is 52.4 Å². The molecule has 2 rings (SSSR count). The molecule has 0 saturated heterocycles. The molecule has 0 aliphatic rings. The third-order valence-electron chi connectivity index (χ3n) is 2.23. The number of rotatable bonds is 4. The first-order chi connectivity index (χ1) is 8.69. The topological polar surface area (TPSA) is 59.4 Å². The first kappa shape index (κ1) is 12.4. The summed E-state index contributed by atoms with van der Waals surface area (Å²) in [6.07, 6.45) is 1.55. The van der Waals surface area contributed by atoms with Gasteiger partial charge in [-0.05, 0) is 30.3 Å². The minimum atomic E-state index is -1.02. The number of carboxylic acids is 1. The zero-order chi connectivity index (χ0) is 13.0. The average Bonchev–Trinajstić information content (AvgIpc) is 2.39. The molecule has 0 unspecified atom stereocenters. The van der Waals surface area contributed by atoms with Crippen molar-refractivity contribution in [2.75, 3.05) is 7.11 Å². The van der Waals surface area contributed by atoms with Crippen molar-refractivity contribution in [2.45, 2.75) is 9.79 Å². The molecule has 1 heterocycles. The molecule has 0 bridgehead atoms. The summed E-state index contributed by atoms with van der Waals surface area (Å²) < 4.78 is 5.14. The Morgan fingerprint density at radius 2 is 2.11 bits per heavy atom. The number of hydrogen-bond donors (Lipinski definition) is 1. The summed E-state index contributed by atoms with van der Waals surface area (Å²) in [5.74, 6) is -0.233. The summed E-state index contributed by atoms with van der Waals surface area (Å²) in [4.78, 5) is 16.4. The smallest absolute Gasteiger partial charge is 0.354 e. The highest BCUT2D eigenvalue weighted by Crippen LogP contribution is 2.29. The number of aromatic nitrogens is 1. The van der Waals surface area contributed by atoms with Crippen molar-refractivity contribution in [3.63, 3.8) is 0 Å². The maximum absolute atomic E-state index is 10.7. The van der Waals surface area contributed by atoms with Crippen LogP contribution in [0.3, 0.4) is 0 Å². The second kappa shape index (κ2) is 5.55. The van der Waals surface area contributed by atoms with Gasteiger partial charge in [0.15, 0.2) is 0 Å². The van der Waals surface area contributed by atoms with Gasteiger partial charge in [0.2, 0.25) is 0 Å². The van der Waals surface area contributed by atoms with Crippen LogP contribution in [0.1, 0.15) is 10.5 Å². The van der Waals surface area contributed by atoms with Gasteiger partial charge >= 0.3 is 5.97 Å². The van der Waals surface area contributed by atoms with Crippen molar-refractivity contribution < 1.29 is 14.6 Å². The third-order valence-corrected chi connectivity index (χ3v) is 3.20. The molecule has 1 N–H and O–H groups in total. The number of carboxylic acid groups (broad SMARTS) is 1. The molecule has 0 spiro atoms. The molecule has 5 heteroatoms. The number of benzene rings is 1. The molecule has 4 nitrogen and oxygen atoms in total. The Morgan fingerprint density at radius 1 is 1.28 bits per heavy atom. The zero-order valence-corrected chi connectivity index (χ0v) is 10.5. The highest BCUT2D eigenvalue weighted by molar-refractivity contribution is 7.99. The second-order valence-corrected chi connectivity index (χ2v) is 4.61. The number of nitrogens with zero attached hydrogens (tertiary/aromatic N) is 1. The van der Waals surface area contributed by atoms with E-state index in [-0.39, 0.29) is 5.69 Å². The molecule has 1 aromatic heterocycles. The number of pyridine rings is 1. The monoisotopic (exact) mass is 261 g/mol. The van der Waals surface area contributed by atoms with E-state index in [1.807, 2.05) is 24.3 Å². The Kier molecular flexibility index (Phi) is 3.84. The molecule has 0 fully saturated rings. The number of hydrogen-bond acceptors (Lipinski definition) is 4. The quantitative estimate of drug-likeness (QED) is 0.917. The number of methoxy groups -OCH3 is 1. The van der Waals surface area contributed by atoms with Crippen molar-refractivity contribution in [1.29, 1.82) is 0 Å². The molecule has 2 aromatic rings. The van der Waals surface area contributed by atoms with E-state index in [0.717, 1.165) is 15.5 Å². The van der Waals surface area contributed by atoms with Crippen LogP contribution < -0.4 is 4.74 Å². The van der Waals surface area contributed by atoms with Gasteiger partial charge in [-0.25, -0.2) is 9.78 Å². The number of carbonyl (C=O) groups is 1. The van der Waals surface area contributed by atoms with Crippen LogP contribution in [0.2, 0.25) is 0 Å². The van der Waals surface area contributed by atoms with Gasteiger partial charge in [0.1, 0.15) is 11.4 Å². The third kappa shape index (κ3) is 3.01. The van der Waals surface area contributed by atoms with Crippen molar-refractivity contribution in [1.82, 2.24) is 4.98 Å². The molecule has 0 amide bonds. The van der Waals surface area contributed by atoms with Crippen molar-refractivity contribution >= 4 is 17.7 Å². The van der Waals surface area contributed by atoms with Crippen molar-refractivity contribution in [3.8, 4) is 5.75 Å². The SMILES string of the molecule is COc1cccc(Sc2ccc(C(=O)O)nc2)c1. The highest BCUT2D eigenvalue weighted by atomic mass is 32.2. The summed E-state index contributed by atoms with van der Waals surface area (Å²) in [5, 5.41) is 8.75. The molecule has 0 aliphatic heterocycles. The summed E-state index contributed by atoms with van der Waals surface area (Å²) in [5.41, 5.74) is 0.0463. The van der Waals surface area contributed by atoms with Gasteiger partial charge in [0.25, 0.3) is 0 Å². The standard InChI is InChI=1S/C13H11NO3S/c1-17-9-3-2-4-10(7-9)18-11-5-6-12(13(15)16)14-8-11/h2-8H,1H3,(H,15,16). The molecule has 0 saturated carbocycles. The molecule has 0 aliphatic carbocycles. The van der Waals surface area contributed by atoms with E-state index in [9.17, 15) is 4.79 Å². The molecule has 0 radical (unpaired) electrons. The highest BCUT2D eigenvalue weighted by Gasteiger charge is 2.04. The molecule has 0 atom stereocenters. The van der Waals surface area contributed by atoms with E-state index in [1.165, 1.54) is 17.8 Å². The van der Waals surface area contributed by atoms with Gasteiger partial charge in [-0.15, -0.1) is 0 Å². The fourth-order valence-corrected chi connectivity index (χ4v) is 2.20. The predicted molar refractivity (Wildman–Crippen MR) is 68.3 cm³/mol. The Labute approximate surface area is 109 Å².